The van der Waals surface area contributed by atoms with Crippen LogP contribution in [0.25, 0.3) is 93.6 Å². The van der Waals surface area contributed by atoms with Gasteiger partial charge in [-0.15, -0.1) is 0 Å². The molecule has 0 saturated heterocycles. The summed E-state index contributed by atoms with van der Waals surface area (Å²) in [5.74, 6) is 0. The van der Waals surface area contributed by atoms with Crippen LogP contribution in [0.4, 0.5) is 17.1 Å². The summed E-state index contributed by atoms with van der Waals surface area (Å²) in [5, 5.41) is 7.00. The fourth-order valence-corrected chi connectivity index (χ4v) is 9.27. The molecule has 286 valence electrons. The first-order valence-electron chi connectivity index (χ1n) is 20.8. The van der Waals surface area contributed by atoms with Gasteiger partial charge in [0, 0.05) is 55.4 Å². The molecule has 0 amide bonds. The summed E-state index contributed by atoms with van der Waals surface area (Å²) in [6.45, 7) is 0. The highest BCUT2D eigenvalue weighted by Gasteiger charge is 2.21. The Labute approximate surface area is 353 Å². The first-order valence-corrected chi connectivity index (χ1v) is 20.8. The molecule has 0 saturated carbocycles. The van der Waals surface area contributed by atoms with E-state index in [4.69, 9.17) is 4.42 Å². The summed E-state index contributed by atoms with van der Waals surface area (Å²) in [5.41, 5.74) is 15.4. The molecule has 2 heterocycles. The smallest absolute Gasteiger partial charge is 0.143 e. The molecule has 61 heavy (non-hydrogen) atoms. The minimum absolute atomic E-state index is 0.855. The Hall–Kier alpha value is -8.14. The van der Waals surface area contributed by atoms with Crippen molar-refractivity contribution in [2.24, 2.45) is 0 Å². The van der Waals surface area contributed by atoms with Crippen molar-refractivity contribution in [3.8, 4) is 39.1 Å². The third kappa shape index (κ3) is 5.90. The fraction of sp³-hybridized carbons (Fsp3) is 0. The van der Waals surface area contributed by atoms with Crippen molar-refractivity contribution < 1.29 is 4.42 Å². The molecule has 0 radical (unpaired) electrons. The minimum atomic E-state index is 0.855. The van der Waals surface area contributed by atoms with Crippen molar-refractivity contribution in [3.05, 3.63) is 231 Å². The molecule has 0 fully saturated rings. The molecule has 0 aliphatic carbocycles. The zero-order chi connectivity index (χ0) is 40.3. The largest absolute Gasteiger partial charge is 0.455 e. The van der Waals surface area contributed by atoms with E-state index in [0.717, 1.165) is 61.3 Å². The number of hydrogen-bond acceptors (Lipinski definition) is 2. The van der Waals surface area contributed by atoms with Crippen LogP contribution in [-0.2, 0) is 0 Å². The average molecular weight is 779 g/mol. The van der Waals surface area contributed by atoms with Crippen molar-refractivity contribution in [1.29, 1.82) is 0 Å². The zero-order valence-electron chi connectivity index (χ0n) is 33.2. The van der Waals surface area contributed by atoms with E-state index >= 15 is 0 Å². The van der Waals surface area contributed by atoms with E-state index in [0.29, 0.717) is 0 Å². The van der Waals surface area contributed by atoms with Gasteiger partial charge >= 0.3 is 0 Å². The maximum Gasteiger partial charge on any atom is 0.143 e. The summed E-state index contributed by atoms with van der Waals surface area (Å²) in [6, 6.07) is 82.8. The number of para-hydroxylation sites is 3. The molecule has 0 bridgehead atoms. The quantitative estimate of drug-likeness (QED) is 0.161. The molecule has 12 rings (SSSR count). The molecular weight excluding hydrogens is 741 g/mol. The van der Waals surface area contributed by atoms with Gasteiger partial charge in [0.25, 0.3) is 0 Å². The van der Waals surface area contributed by atoms with Crippen LogP contribution in [-0.4, -0.2) is 4.57 Å². The second kappa shape index (κ2) is 14.3. The van der Waals surface area contributed by atoms with Crippen LogP contribution < -0.4 is 4.90 Å². The van der Waals surface area contributed by atoms with Crippen LogP contribution >= 0.6 is 0 Å². The third-order valence-corrected chi connectivity index (χ3v) is 12.2. The first kappa shape index (κ1) is 34.9. The normalized spacial score (nSPS) is 11.6. The number of anilines is 3. The van der Waals surface area contributed by atoms with Gasteiger partial charge in [-0.05, 0) is 93.7 Å². The Bertz CT molecular complexity index is 3560. The average Bonchev–Trinajstić information content (AvgIpc) is 3.88. The second-order valence-electron chi connectivity index (χ2n) is 15.7. The van der Waals surface area contributed by atoms with Crippen LogP contribution in [0.15, 0.2) is 235 Å². The van der Waals surface area contributed by atoms with E-state index in [2.05, 4.69) is 240 Å². The SMILES string of the molecule is c1ccc(-c2ccc(N(c3ccc4ccccc4c3)c3ccc4oc5c(-c6cccc7c8ccccc8n(-c8ccc(-c9ccccc9)cc8)c67)cccc5c4c3)cc2)cc1. The molecule has 3 heteroatoms. The lowest BCUT2D eigenvalue weighted by molar-refractivity contribution is 0.670. The maximum absolute atomic E-state index is 6.91. The Balaban J connectivity index is 1.02. The molecule has 0 atom stereocenters. The monoisotopic (exact) mass is 778 g/mol. The van der Waals surface area contributed by atoms with Gasteiger partial charge in [-0.2, -0.15) is 0 Å². The van der Waals surface area contributed by atoms with Crippen molar-refractivity contribution >= 4 is 71.6 Å². The van der Waals surface area contributed by atoms with Crippen LogP contribution in [0.1, 0.15) is 0 Å². The Morgan fingerprint density at radius 2 is 0.902 bits per heavy atom. The second-order valence-corrected chi connectivity index (χ2v) is 15.7. The lowest BCUT2D eigenvalue weighted by Gasteiger charge is -2.26. The molecule has 0 aliphatic rings. The van der Waals surface area contributed by atoms with Crippen molar-refractivity contribution in [1.82, 2.24) is 4.57 Å². The topological polar surface area (TPSA) is 21.3 Å². The minimum Gasteiger partial charge on any atom is -0.455 e. The fourth-order valence-electron chi connectivity index (χ4n) is 9.27. The highest BCUT2D eigenvalue weighted by molar-refractivity contribution is 6.17. The first-order chi connectivity index (χ1) is 30.2. The van der Waals surface area contributed by atoms with Crippen LogP contribution in [0.2, 0.25) is 0 Å². The van der Waals surface area contributed by atoms with E-state index in [-0.39, 0.29) is 0 Å². The summed E-state index contributed by atoms with van der Waals surface area (Å²) < 4.78 is 9.33. The number of benzene rings is 10. The number of fused-ring (bicyclic) bond motifs is 7. The van der Waals surface area contributed by atoms with Gasteiger partial charge in [-0.25, -0.2) is 0 Å². The molecule has 0 N–H and O–H groups in total. The Morgan fingerprint density at radius 3 is 1.66 bits per heavy atom. The highest BCUT2D eigenvalue weighted by atomic mass is 16.3. The van der Waals surface area contributed by atoms with Gasteiger partial charge in [0.15, 0.2) is 0 Å². The van der Waals surface area contributed by atoms with Crippen molar-refractivity contribution in [2.75, 3.05) is 4.90 Å². The van der Waals surface area contributed by atoms with Gasteiger partial charge in [0.05, 0.1) is 11.0 Å². The number of nitrogens with zero attached hydrogens (tertiary/aromatic N) is 2. The van der Waals surface area contributed by atoms with E-state index in [1.165, 1.54) is 49.3 Å². The number of hydrogen-bond donors (Lipinski definition) is 0. The maximum atomic E-state index is 6.91. The number of rotatable bonds is 7. The third-order valence-electron chi connectivity index (χ3n) is 12.2. The lowest BCUT2D eigenvalue weighted by Crippen LogP contribution is -2.09. The molecular formula is C58H38N2O. The van der Waals surface area contributed by atoms with E-state index < -0.39 is 0 Å². The zero-order valence-corrected chi connectivity index (χ0v) is 33.2. The van der Waals surface area contributed by atoms with E-state index in [1.54, 1.807) is 0 Å². The molecule has 0 spiro atoms. The molecule has 3 nitrogen and oxygen atoms in total. The summed E-state index contributed by atoms with van der Waals surface area (Å²) in [6.07, 6.45) is 0. The lowest BCUT2D eigenvalue weighted by atomic mass is 9.99. The standard InChI is InChI=1S/C58H38N2O/c1-3-13-39(14-4-1)42-25-30-45(31-26-42)59(47-34-29-41-17-7-8-18-44(41)37-47)48-35-36-56-54(38-48)53-23-12-22-52(58(53)61-56)51-21-11-20-50-49-19-9-10-24-55(49)60(57(50)51)46-32-27-43(28-33-46)40-15-5-2-6-16-40/h1-38H. The Kier molecular flexibility index (Phi) is 8.17. The molecule has 2 aromatic heterocycles. The highest BCUT2D eigenvalue weighted by Crippen LogP contribution is 2.44. The van der Waals surface area contributed by atoms with Gasteiger partial charge in [0.2, 0.25) is 0 Å². The molecule has 12 aromatic rings. The van der Waals surface area contributed by atoms with Gasteiger partial charge in [0.1, 0.15) is 11.2 Å². The summed E-state index contributed by atoms with van der Waals surface area (Å²) in [4.78, 5) is 2.35. The summed E-state index contributed by atoms with van der Waals surface area (Å²) >= 11 is 0. The van der Waals surface area contributed by atoms with E-state index in [9.17, 15) is 0 Å². The number of aromatic nitrogens is 1. The van der Waals surface area contributed by atoms with Crippen molar-refractivity contribution in [3.63, 3.8) is 0 Å². The molecule has 0 unspecified atom stereocenters. The van der Waals surface area contributed by atoms with Crippen LogP contribution in [0.3, 0.4) is 0 Å². The Morgan fingerprint density at radius 1 is 0.344 bits per heavy atom. The predicted octanol–water partition coefficient (Wildman–Crippen LogP) is 16.3. The van der Waals surface area contributed by atoms with Gasteiger partial charge < -0.3 is 13.9 Å². The molecule has 0 aliphatic heterocycles. The number of furan rings is 1. The van der Waals surface area contributed by atoms with Crippen LogP contribution in [0, 0.1) is 0 Å². The van der Waals surface area contributed by atoms with Crippen LogP contribution in [0.5, 0.6) is 0 Å². The summed E-state index contributed by atoms with van der Waals surface area (Å²) in [7, 11) is 0. The van der Waals surface area contributed by atoms with Gasteiger partial charge in [-0.1, -0.05) is 170 Å². The van der Waals surface area contributed by atoms with Crippen molar-refractivity contribution in [2.45, 2.75) is 0 Å². The van der Waals surface area contributed by atoms with Gasteiger partial charge in [-0.3, -0.25) is 0 Å². The predicted molar refractivity (Wildman–Crippen MR) is 257 cm³/mol. The van der Waals surface area contributed by atoms with E-state index in [1.807, 2.05) is 0 Å². The molecule has 10 aromatic carbocycles.